The van der Waals surface area contributed by atoms with Gasteiger partial charge in [0.2, 0.25) is 5.55 Å². The summed E-state index contributed by atoms with van der Waals surface area (Å²) in [5, 5.41) is 1.40. The molecule has 2 N–H and O–H groups in total. The molecule has 3 aromatic rings. The van der Waals surface area contributed by atoms with Crippen LogP contribution in [0, 0.1) is 0 Å². The quantitative estimate of drug-likeness (QED) is 0.787. The van der Waals surface area contributed by atoms with Crippen LogP contribution in [0.3, 0.4) is 0 Å². The summed E-state index contributed by atoms with van der Waals surface area (Å²) in [5.74, 6) is -0.586. The zero-order chi connectivity index (χ0) is 14.8. The van der Waals surface area contributed by atoms with Crippen LogP contribution >= 0.6 is 11.6 Å². The van der Waals surface area contributed by atoms with E-state index in [1.54, 1.807) is 36.4 Å². The molecule has 0 unspecified atom stereocenters. The molecule has 0 aliphatic carbocycles. The number of nitrogens with two attached hydrogens (primary N) is 1. The van der Waals surface area contributed by atoms with E-state index in [1.807, 2.05) is 18.2 Å². The monoisotopic (exact) mass is 298 g/mol. The van der Waals surface area contributed by atoms with Gasteiger partial charge in [-0.2, -0.15) is 0 Å². The maximum absolute atomic E-state index is 11.6. The highest BCUT2D eigenvalue weighted by atomic mass is 35.5. The van der Waals surface area contributed by atoms with E-state index in [2.05, 4.69) is 4.99 Å². The van der Waals surface area contributed by atoms with Crippen LogP contribution in [-0.2, 0) is 0 Å². The van der Waals surface area contributed by atoms with Crippen molar-refractivity contribution in [2.24, 2.45) is 10.7 Å². The lowest BCUT2D eigenvalue weighted by Gasteiger charge is -2.01. The Bertz CT molecular complexity index is 883. The van der Waals surface area contributed by atoms with E-state index in [9.17, 15) is 4.79 Å². The highest BCUT2D eigenvalue weighted by Crippen LogP contribution is 2.17. The molecule has 3 rings (SSSR count). The van der Waals surface area contributed by atoms with Gasteiger partial charge in [0.25, 0.3) is 5.91 Å². The number of fused-ring (bicyclic) bond motifs is 1. The lowest BCUT2D eigenvalue weighted by molar-refractivity contribution is 0.0996. The largest absolute Gasteiger partial charge is 0.438 e. The first-order valence-electron chi connectivity index (χ1n) is 6.26. The van der Waals surface area contributed by atoms with E-state index in [0.717, 1.165) is 5.39 Å². The Morgan fingerprint density at radius 2 is 1.81 bits per heavy atom. The minimum Gasteiger partial charge on any atom is -0.438 e. The van der Waals surface area contributed by atoms with E-state index in [0.29, 0.717) is 16.3 Å². The van der Waals surface area contributed by atoms with Crippen molar-refractivity contribution in [2.45, 2.75) is 0 Å². The summed E-state index contributed by atoms with van der Waals surface area (Å²) in [6.45, 7) is 0. The van der Waals surface area contributed by atoms with Crippen LogP contribution in [-0.4, -0.2) is 5.91 Å². The van der Waals surface area contributed by atoms with Gasteiger partial charge in [-0.1, -0.05) is 29.8 Å². The molecule has 5 heteroatoms. The first-order valence-corrected chi connectivity index (χ1v) is 6.64. The Morgan fingerprint density at radius 3 is 2.52 bits per heavy atom. The van der Waals surface area contributed by atoms with Crippen LogP contribution in [0.2, 0.25) is 5.02 Å². The first kappa shape index (κ1) is 13.4. The molecule has 0 saturated carbocycles. The zero-order valence-electron chi connectivity index (χ0n) is 10.9. The fraction of sp³-hybridized carbons (Fsp3) is 0. The fourth-order valence-electron chi connectivity index (χ4n) is 1.96. The zero-order valence-corrected chi connectivity index (χ0v) is 11.7. The fourth-order valence-corrected chi connectivity index (χ4v) is 2.09. The summed E-state index contributed by atoms with van der Waals surface area (Å²) in [4.78, 5) is 15.9. The number of benzene rings is 2. The molecule has 104 valence electrons. The number of hydrogen-bond acceptors (Lipinski definition) is 3. The van der Waals surface area contributed by atoms with Gasteiger partial charge in [0.15, 0.2) is 0 Å². The molecular weight excluding hydrogens is 288 g/mol. The maximum atomic E-state index is 11.6. The van der Waals surface area contributed by atoms with Gasteiger partial charge in [-0.15, -0.1) is 0 Å². The van der Waals surface area contributed by atoms with Crippen molar-refractivity contribution in [3.8, 4) is 0 Å². The van der Waals surface area contributed by atoms with E-state index < -0.39 is 5.91 Å². The molecule has 1 heterocycles. The Kier molecular flexibility index (Phi) is 3.46. The molecular formula is C16H11ClN2O2. The molecule has 2 aromatic carbocycles. The molecule has 1 amide bonds. The normalized spacial score (nSPS) is 11.8. The maximum Gasteiger partial charge on any atom is 0.254 e. The molecule has 0 aliphatic heterocycles. The van der Waals surface area contributed by atoms with Gasteiger partial charge >= 0.3 is 0 Å². The van der Waals surface area contributed by atoms with Crippen molar-refractivity contribution in [2.75, 3.05) is 0 Å². The number of carbonyl (C=O) groups excluding carboxylic acids is 1. The average molecular weight is 299 g/mol. The third-order valence-corrected chi connectivity index (χ3v) is 3.23. The van der Waals surface area contributed by atoms with Crippen molar-refractivity contribution in [1.29, 1.82) is 0 Å². The molecule has 0 bridgehead atoms. The van der Waals surface area contributed by atoms with Crippen LogP contribution in [0.15, 0.2) is 64.0 Å². The standard InChI is InChI=1S/C16H11ClN2O2/c17-11-5-7-12(8-6-11)19-16-13(15(18)20)9-10-3-1-2-4-14(10)21-16/h1-9H,(H2,18,20). The van der Waals surface area contributed by atoms with Gasteiger partial charge in [-0.25, -0.2) is 4.99 Å². The Hall–Kier alpha value is -2.59. The number of nitrogens with zero attached hydrogens (tertiary/aromatic N) is 1. The lowest BCUT2D eigenvalue weighted by Crippen LogP contribution is -2.21. The lowest BCUT2D eigenvalue weighted by atomic mass is 10.2. The summed E-state index contributed by atoms with van der Waals surface area (Å²) in [7, 11) is 0. The van der Waals surface area contributed by atoms with Crippen molar-refractivity contribution >= 4 is 34.2 Å². The van der Waals surface area contributed by atoms with E-state index in [1.165, 1.54) is 0 Å². The highest BCUT2D eigenvalue weighted by molar-refractivity contribution is 6.30. The highest BCUT2D eigenvalue weighted by Gasteiger charge is 2.08. The number of primary amides is 1. The smallest absolute Gasteiger partial charge is 0.254 e. The Labute approximate surface area is 125 Å². The third-order valence-electron chi connectivity index (χ3n) is 2.98. The number of para-hydroxylation sites is 1. The minimum absolute atomic E-state index is 0.184. The van der Waals surface area contributed by atoms with Crippen molar-refractivity contribution < 1.29 is 9.21 Å². The predicted octanol–water partition coefficient (Wildman–Crippen LogP) is 3.42. The molecule has 0 saturated heterocycles. The van der Waals surface area contributed by atoms with E-state index >= 15 is 0 Å². The van der Waals surface area contributed by atoms with Gasteiger partial charge in [0.1, 0.15) is 11.1 Å². The predicted molar refractivity (Wildman–Crippen MR) is 81.4 cm³/mol. The number of carbonyl (C=O) groups is 1. The van der Waals surface area contributed by atoms with E-state index in [4.69, 9.17) is 21.8 Å². The summed E-state index contributed by atoms with van der Waals surface area (Å²) >= 11 is 5.84. The molecule has 0 atom stereocenters. The van der Waals surface area contributed by atoms with Crippen LogP contribution in [0.25, 0.3) is 11.0 Å². The molecule has 0 spiro atoms. The first-order chi connectivity index (χ1) is 10.1. The van der Waals surface area contributed by atoms with Gasteiger partial charge in [-0.3, -0.25) is 4.79 Å². The molecule has 0 aliphatic rings. The van der Waals surface area contributed by atoms with Crippen LogP contribution < -0.4 is 11.3 Å². The van der Waals surface area contributed by atoms with Crippen LogP contribution in [0.5, 0.6) is 0 Å². The van der Waals surface area contributed by atoms with Crippen molar-refractivity contribution in [1.82, 2.24) is 0 Å². The van der Waals surface area contributed by atoms with Crippen LogP contribution in [0.4, 0.5) is 5.69 Å². The van der Waals surface area contributed by atoms with Crippen molar-refractivity contribution in [3.05, 3.63) is 70.7 Å². The van der Waals surface area contributed by atoms with Gasteiger partial charge < -0.3 is 10.2 Å². The summed E-state index contributed by atoms with van der Waals surface area (Å²) in [6, 6.07) is 15.9. The number of rotatable bonds is 2. The number of hydrogen-bond donors (Lipinski definition) is 1. The number of halogens is 1. The van der Waals surface area contributed by atoms with Gasteiger partial charge in [-0.05, 0) is 36.4 Å². The number of amides is 1. The average Bonchev–Trinajstić information content (AvgIpc) is 2.48. The van der Waals surface area contributed by atoms with Gasteiger partial charge in [0, 0.05) is 10.4 Å². The molecule has 4 nitrogen and oxygen atoms in total. The molecule has 0 radical (unpaired) electrons. The second-order valence-electron chi connectivity index (χ2n) is 4.46. The minimum atomic E-state index is -0.586. The van der Waals surface area contributed by atoms with Gasteiger partial charge in [0.05, 0.1) is 5.69 Å². The van der Waals surface area contributed by atoms with Crippen molar-refractivity contribution in [3.63, 3.8) is 0 Å². The Morgan fingerprint density at radius 1 is 1.10 bits per heavy atom. The topological polar surface area (TPSA) is 68.6 Å². The van der Waals surface area contributed by atoms with E-state index in [-0.39, 0.29) is 11.1 Å². The second kappa shape index (κ2) is 5.42. The SMILES string of the molecule is NC(=O)c1cc2ccccc2oc1=Nc1ccc(Cl)cc1. The molecule has 21 heavy (non-hydrogen) atoms. The molecule has 0 fully saturated rings. The van der Waals surface area contributed by atoms with Crippen LogP contribution in [0.1, 0.15) is 10.4 Å². The third kappa shape index (κ3) is 2.80. The summed E-state index contributed by atoms with van der Waals surface area (Å²) < 4.78 is 5.69. The summed E-state index contributed by atoms with van der Waals surface area (Å²) in [6.07, 6.45) is 0. The summed E-state index contributed by atoms with van der Waals surface area (Å²) in [5.41, 5.74) is 7.09. The Balaban J connectivity index is 2.26. The second-order valence-corrected chi connectivity index (χ2v) is 4.89. The molecule has 1 aromatic heterocycles.